The van der Waals surface area contributed by atoms with Gasteiger partial charge in [-0.15, -0.1) is 0 Å². The van der Waals surface area contributed by atoms with E-state index in [1.165, 1.54) is 35.5 Å². The Morgan fingerprint density at radius 2 is 1.93 bits per heavy atom. The molecule has 0 spiro atoms. The zero-order valence-corrected chi connectivity index (χ0v) is 15.8. The van der Waals surface area contributed by atoms with Crippen molar-refractivity contribution in [1.82, 2.24) is 29.9 Å². The summed E-state index contributed by atoms with van der Waals surface area (Å²) in [6.07, 6.45) is 6.22. The standard InChI is InChI=1S/C20H17N7O3/c28-20(15-6-7-18(19(10-15)27(29)30)26-14-21-13-24-26)22-11-16-4-1-2-5-17(16)12-25-9-3-8-23-25/h1-10,13-14H,11-12H2,(H,22,28). The number of carbonyl (C=O) groups excluding carboxylic acids is 1. The molecule has 4 rings (SSSR count). The van der Waals surface area contributed by atoms with E-state index in [0.29, 0.717) is 6.54 Å². The fraction of sp³-hybridized carbons (Fsp3) is 0.100. The SMILES string of the molecule is O=C(NCc1ccccc1Cn1cccn1)c1ccc(-n2cncn2)c([N+](=O)[O-])c1. The monoisotopic (exact) mass is 403 g/mol. The minimum atomic E-state index is -0.548. The highest BCUT2D eigenvalue weighted by molar-refractivity contribution is 5.95. The predicted octanol–water partition coefficient (Wildman–Crippen LogP) is 2.35. The molecule has 10 heteroatoms. The van der Waals surface area contributed by atoms with Crippen LogP contribution in [0.1, 0.15) is 21.5 Å². The molecule has 30 heavy (non-hydrogen) atoms. The number of benzene rings is 2. The van der Waals surface area contributed by atoms with Crippen LogP contribution in [0.3, 0.4) is 0 Å². The van der Waals surface area contributed by atoms with E-state index < -0.39 is 10.8 Å². The second-order valence-electron chi connectivity index (χ2n) is 6.46. The maximum atomic E-state index is 12.6. The first kappa shape index (κ1) is 19.0. The molecule has 1 N–H and O–H groups in total. The Hall–Kier alpha value is -4.34. The minimum absolute atomic E-state index is 0.190. The summed E-state index contributed by atoms with van der Waals surface area (Å²) in [6, 6.07) is 13.8. The van der Waals surface area contributed by atoms with Crippen molar-refractivity contribution in [2.75, 3.05) is 0 Å². The Morgan fingerprint density at radius 1 is 1.10 bits per heavy atom. The van der Waals surface area contributed by atoms with E-state index in [1.807, 2.05) is 36.5 Å². The topological polar surface area (TPSA) is 121 Å². The molecule has 0 aliphatic rings. The third-order valence-corrected chi connectivity index (χ3v) is 4.55. The summed E-state index contributed by atoms with van der Waals surface area (Å²) in [4.78, 5) is 27.4. The lowest BCUT2D eigenvalue weighted by Gasteiger charge is -2.11. The molecule has 0 aliphatic carbocycles. The zero-order chi connectivity index (χ0) is 20.9. The number of nitrogens with zero attached hydrogens (tertiary/aromatic N) is 6. The van der Waals surface area contributed by atoms with Crippen molar-refractivity contribution >= 4 is 11.6 Å². The van der Waals surface area contributed by atoms with Gasteiger partial charge in [-0.25, -0.2) is 9.67 Å². The quantitative estimate of drug-likeness (QED) is 0.373. The maximum Gasteiger partial charge on any atom is 0.295 e. The molecule has 0 aliphatic heterocycles. The largest absolute Gasteiger partial charge is 0.348 e. The van der Waals surface area contributed by atoms with Crippen LogP contribution in [0.4, 0.5) is 5.69 Å². The van der Waals surface area contributed by atoms with Gasteiger partial charge in [-0.1, -0.05) is 24.3 Å². The van der Waals surface area contributed by atoms with E-state index in [4.69, 9.17) is 0 Å². The fourth-order valence-electron chi connectivity index (χ4n) is 3.07. The summed E-state index contributed by atoms with van der Waals surface area (Å²) in [5, 5.41) is 22.4. The van der Waals surface area contributed by atoms with Crippen LogP contribution in [0.2, 0.25) is 0 Å². The summed E-state index contributed by atoms with van der Waals surface area (Å²) >= 11 is 0. The zero-order valence-electron chi connectivity index (χ0n) is 15.8. The lowest BCUT2D eigenvalue weighted by molar-refractivity contribution is -0.384. The van der Waals surface area contributed by atoms with Crippen molar-refractivity contribution in [3.8, 4) is 5.69 Å². The molecular weight excluding hydrogens is 386 g/mol. The molecule has 0 radical (unpaired) electrons. The van der Waals surface area contributed by atoms with Gasteiger partial charge < -0.3 is 5.32 Å². The van der Waals surface area contributed by atoms with Crippen molar-refractivity contribution in [3.05, 3.63) is 100 Å². The van der Waals surface area contributed by atoms with Crippen LogP contribution < -0.4 is 5.32 Å². The maximum absolute atomic E-state index is 12.6. The van der Waals surface area contributed by atoms with Crippen LogP contribution >= 0.6 is 0 Å². The molecular formula is C20H17N7O3. The molecule has 0 saturated carbocycles. The van der Waals surface area contributed by atoms with Crippen molar-refractivity contribution in [2.45, 2.75) is 13.1 Å². The number of nitro groups is 1. The summed E-state index contributed by atoms with van der Waals surface area (Å²) in [7, 11) is 0. The van der Waals surface area contributed by atoms with Crippen LogP contribution in [0.15, 0.2) is 73.6 Å². The van der Waals surface area contributed by atoms with Crippen molar-refractivity contribution < 1.29 is 9.72 Å². The molecule has 10 nitrogen and oxygen atoms in total. The van der Waals surface area contributed by atoms with Gasteiger partial charge in [0.1, 0.15) is 18.3 Å². The molecule has 150 valence electrons. The normalized spacial score (nSPS) is 10.7. The van der Waals surface area contributed by atoms with E-state index in [9.17, 15) is 14.9 Å². The molecule has 2 aromatic carbocycles. The summed E-state index contributed by atoms with van der Waals surface area (Å²) < 4.78 is 3.08. The number of amides is 1. The van der Waals surface area contributed by atoms with Gasteiger partial charge in [-0.2, -0.15) is 10.2 Å². The molecule has 1 amide bonds. The number of nitro benzene ring substituents is 1. The Balaban J connectivity index is 1.51. The summed E-state index contributed by atoms with van der Waals surface area (Å²) in [6.45, 7) is 0.867. The third-order valence-electron chi connectivity index (χ3n) is 4.55. The van der Waals surface area contributed by atoms with E-state index in [-0.39, 0.29) is 23.5 Å². The highest BCUT2D eigenvalue weighted by Gasteiger charge is 2.19. The minimum Gasteiger partial charge on any atom is -0.348 e. The lowest BCUT2D eigenvalue weighted by Crippen LogP contribution is -2.24. The highest BCUT2D eigenvalue weighted by atomic mass is 16.6. The molecule has 2 heterocycles. The van der Waals surface area contributed by atoms with E-state index in [2.05, 4.69) is 20.5 Å². The number of aromatic nitrogens is 5. The fourth-order valence-corrected chi connectivity index (χ4v) is 3.07. The van der Waals surface area contributed by atoms with Gasteiger partial charge in [0.05, 0.1) is 11.5 Å². The number of hydrogen-bond donors (Lipinski definition) is 1. The number of carbonyl (C=O) groups is 1. The predicted molar refractivity (Wildman–Crippen MR) is 107 cm³/mol. The molecule has 0 unspecified atom stereocenters. The first-order chi connectivity index (χ1) is 14.6. The van der Waals surface area contributed by atoms with Gasteiger partial charge in [0.15, 0.2) is 0 Å². The van der Waals surface area contributed by atoms with Crippen LogP contribution in [0, 0.1) is 10.1 Å². The van der Waals surface area contributed by atoms with Gasteiger partial charge in [-0.3, -0.25) is 19.6 Å². The Bertz CT molecular complexity index is 1170. The first-order valence-electron chi connectivity index (χ1n) is 9.07. The van der Waals surface area contributed by atoms with Gasteiger partial charge in [0, 0.05) is 30.6 Å². The summed E-state index contributed by atoms with van der Waals surface area (Å²) in [5.41, 5.74) is 2.16. The molecule has 2 aromatic heterocycles. The van der Waals surface area contributed by atoms with Crippen LogP contribution in [0.5, 0.6) is 0 Å². The Morgan fingerprint density at radius 3 is 2.63 bits per heavy atom. The Kier molecular flexibility index (Phi) is 5.29. The second-order valence-corrected chi connectivity index (χ2v) is 6.46. The van der Waals surface area contributed by atoms with E-state index >= 15 is 0 Å². The van der Waals surface area contributed by atoms with Gasteiger partial charge >= 0.3 is 0 Å². The molecule has 0 bridgehead atoms. The summed E-state index contributed by atoms with van der Waals surface area (Å²) in [5.74, 6) is -0.405. The number of nitrogens with one attached hydrogen (secondary N) is 1. The smallest absolute Gasteiger partial charge is 0.295 e. The number of hydrogen-bond acceptors (Lipinski definition) is 6. The second kappa shape index (κ2) is 8.35. The lowest BCUT2D eigenvalue weighted by atomic mass is 10.1. The first-order valence-corrected chi connectivity index (χ1v) is 9.07. The van der Waals surface area contributed by atoms with Crippen LogP contribution in [-0.2, 0) is 13.1 Å². The van der Waals surface area contributed by atoms with Crippen molar-refractivity contribution in [2.24, 2.45) is 0 Å². The molecule has 0 fully saturated rings. The molecule has 0 saturated heterocycles. The van der Waals surface area contributed by atoms with Gasteiger partial charge in [0.25, 0.3) is 11.6 Å². The third kappa shape index (κ3) is 4.07. The average molecular weight is 403 g/mol. The van der Waals surface area contributed by atoms with Crippen LogP contribution in [0.25, 0.3) is 5.69 Å². The van der Waals surface area contributed by atoms with Gasteiger partial charge in [0.2, 0.25) is 0 Å². The van der Waals surface area contributed by atoms with Crippen molar-refractivity contribution in [1.29, 1.82) is 0 Å². The molecule has 4 aromatic rings. The Labute approximate surface area is 170 Å². The van der Waals surface area contributed by atoms with E-state index in [1.54, 1.807) is 10.9 Å². The van der Waals surface area contributed by atoms with Crippen molar-refractivity contribution in [3.63, 3.8) is 0 Å². The average Bonchev–Trinajstić information content (AvgIpc) is 3.47. The highest BCUT2D eigenvalue weighted by Crippen LogP contribution is 2.23. The number of rotatable bonds is 7. The van der Waals surface area contributed by atoms with E-state index in [0.717, 1.165) is 11.1 Å². The van der Waals surface area contributed by atoms with Gasteiger partial charge in [-0.05, 0) is 29.3 Å². The van der Waals surface area contributed by atoms with Crippen LogP contribution in [-0.4, -0.2) is 35.4 Å². The molecule has 0 atom stereocenters.